The molecule has 2 aromatic heterocycles. The molecule has 2 heterocycles. The summed E-state index contributed by atoms with van der Waals surface area (Å²) >= 11 is 1.51. The maximum Gasteiger partial charge on any atom is 0.212 e. The van der Waals surface area contributed by atoms with E-state index in [2.05, 4.69) is 20.5 Å². The topological polar surface area (TPSA) is 50.2 Å². The highest BCUT2D eigenvalue weighted by atomic mass is 32.1. The van der Waals surface area contributed by atoms with Gasteiger partial charge in [0.15, 0.2) is 0 Å². The summed E-state index contributed by atoms with van der Waals surface area (Å²) in [5.41, 5.74) is 7.77. The minimum atomic E-state index is -0.480. The lowest BCUT2D eigenvalue weighted by atomic mass is 10.0. The minimum Gasteiger partial charge on any atom is -0.253 e. The second-order valence-corrected chi connectivity index (χ2v) is 6.02. The first-order chi connectivity index (χ1) is 11.1. The number of hydrogen-bond acceptors (Lipinski definition) is 5. The highest BCUT2D eigenvalue weighted by Crippen LogP contribution is 2.21. The molecule has 0 fully saturated rings. The molecule has 6 heteroatoms. The van der Waals surface area contributed by atoms with Crippen molar-refractivity contribution in [2.45, 2.75) is 13.8 Å². The molecular formula is C17H15FN4S. The van der Waals surface area contributed by atoms with Crippen LogP contribution in [0.2, 0.25) is 0 Å². The number of benzene rings is 1. The van der Waals surface area contributed by atoms with Crippen LogP contribution >= 0.6 is 11.3 Å². The molecule has 1 N–H and O–H groups in total. The predicted octanol–water partition coefficient (Wildman–Crippen LogP) is 4.41. The first-order valence-electron chi connectivity index (χ1n) is 7.05. The van der Waals surface area contributed by atoms with E-state index in [1.165, 1.54) is 23.6 Å². The Bertz CT molecular complexity index is 840. The number of pyridine rings is 1. The van der Waals surface area contributed by atoms with Crippen LogP contribution in [0.4, 0.5) is 9.52 Å². The van der Waals surface area contributed by atoms with Gasteiger partial charge in [0.1, 0.15) is 0 Å². The number of hydrogen-bond donors (Lipinski definition) is 1. The average Bonchev–Trinajstić information content (AvgIpc) is 2.93. The fourth-order valence-electron chi connectivity index (χ4n) is 2.17. The standard InChI is InChI=1S/C17H15FN4S/c1-11-5-13(8-20-22-17-21-12(2)10-23-17)7-15(6-11)14-3-4-16(18)19-9-14/h3-10H,1-2H3,(H,21,22). The Labute approximate surface area is 137 Å². The molecule has 0 aliphatic carbocycles. The summed E-state index contributed by atoms with van der Waals surface area (Å²) in [5.74, 6) is -0.480. The number of anilines is 1. The van der Waals surface area contributed by atoms with Gasteiger partial charge in [0.2, 0.25) is 11.1 Å². The molecule has 0 spiro atoms. The maximum atomic E-state index is 12.9. The van der Waals surface area contributed by atoms with E-state index in [-0.39, 0.29) is 0 Å². The number of nitrogens with one attached hydrogen (secondary N) is 1. The third-order valence-electron chi connectivity index (χ3n) is 3.15. The normalized spacial score (nSPS) is 11.1. The number of thiazole rings is 1. The molecule has 0 aliphatic rings. The predicted molar refractivity (Wildman–Crippen MR) is 92.4 cm³/mol. The van der Waals surface area contributed by atoms with E-state index >= 15 is 0 Å². The lowest BCUT2D eigenvalue weighted by Gasteiger charge is -2.05. The molecule has 0 aliphatic heterocycles. The quantitative estimate of drug-likeness (QED) is 0.439. The Morgan fingerprint density at radius 3 is 2.74 bits per heavy atom. The lowest BCUT2D eigenvalue weighted by Crippen LogP contribution is -1.92. The van der Waals surface area contributed by atoms with E-state index < -0.39 is 5.95 Å². The van der Waals surface area contributed by atoms with Gasteiger partial charge in [0, 0.05) is 17.1 Å². The molecular weight excluding hydrogens is 311 g/mol. The molecule has 0 saturated carbocycles. The summed E-state index contributed by atoms with van der Waals surface area (Å²) < 4.78 is 12.9. The minimum absolute atomic E-state index is 0.480. The van der Waals surface area contributed by atoms with Crippen LogP contribution in [-0.4, -0.2) is 16.2 Å². The smallest absolute Gasteiger partial charge is 0.212 e. The molecule has 0 unspecified atom stereocenters. The highest BCUT2D eigenvalue weighted by Gasteiger charge is 2.02. The molecule has 116 valence electrons. The molecule has 23 heavy (non-hydrogen) atoms. The Morgan fingerprint density at radius 1 is 1.17 bits per heavy atom. The van der Waals surface area contributed by atoms with E-state index in [0.717, 1.165) is 33.1 Å². The summed E-state index contributed by atoms with van der Waals surface area (Å²) in [7, 11) is 0. The van der Waals surface area contributed by atoms with Gasteiger partial charge in [0.25, 0.3) is 0 Å². The van der Waals surface area contributed by atoms with E-state index in [9.17, 15) is 4.39 Å². The Morgan fingerprint density at radius 2 is 2.04 bits per heavy atom. The third kappa shape index (κ3) is 3.98. The van der Waals surface area contributed by atoms with Crippen LogP contribution in [0.15, 0.2) is 47.0 Å². The van der Waals surface area contributed by atoms with Gasteiger partial charge in [-0.2, -0.15) is 9.49 Å². The monoisotopic (exact) mass is 326 g/mol. The number of aromatic nitrogens is 2. The molecule has 0 atom stereocenters. The second-order valence-electron chi connectivity index (χ2n) is 5.17. The van der Waals surface area contributed by atoms with Crippen molar-refractivity contribution in [1.82, 2.24) is 9.97 Å². The largest absolute Gasteiger partial charge is 0.253 e. The van der Waals surface area contributed by atoms with Gasteiger partial charge in [-0.1, -0.05) is 12.1 Å². The van der Waals surface area contributed by atoms with Crippen molar-refractivity contribution in [3.63, 3.8) is 0 Å². The van der Waals surface area contributed by atoms with Crippen molar-refractivity contribution in [3.05, 3.63) is 64.7 Å². The summed E-state index contributed by atoms with van der Waals surface area (Å²) in [5, 5.41) is 6.93. The SMILES string of the molecule is Cc1cc(C=NNc2nc(C)cs2)cc(-c2ccc(F)nc2)c1. The Balaban J connectivity index is 1.81. The molecule has 0 radical (unpaired) electrons. The summed E-state index contributed by atoms with van der Waals surface area (Å²) in [6, 6.07) is 9.12. The summed E-state index contributed by atoms with van der Waals surface area (Å²) in [6.07, 6.45) is 3.27. The van der Waals surface area contributed by atoms with Gasteiger partial charge in [-0.25, -0.2) is 9.97 Å². The summed E-state index contributed by atoms with van der Waals surface area (Å²) in [4.78, 5) is 7.98. The first-order valence-corrected chi connectivity index (χ1v) is 7.93. The number of hydrazone groups is 1. The molecule has 4 nitrogen and oxygen atoms in total. The number of nitrogens with zero attached hydrogens (tertiary/aromatic N) is 3. The fourth-order valence-corrected chi connectivity index (χ4v) is 2.80. The van der Waals surface area contributed by atoms with Crippen LogP contribution in [0.25, 0.3) is 11.1 Å². The zero-order chi connectivity index (χ0) is 16.2. The van der Waals surface area contributed by atoms with Crippen molar-refractivity contribution in [3.8, 4) is 11.1 Å². The van der Waals surface area contributed by atoms with Crippen molar-refractivity contribution in [2.75, 3.05) is 5.43 Å². The van der Waals surface area contributed by atoms with Crippen LogP contribution in [0, 0.1) is 19.8 Å². The van der Waals surface area contributed by atoms with Gasteiger partial charge >= 0.3 is 0 Å². The van der Waals surface area contributed by atoms with Crippen molar-refractivity contribution in [1.29, 1.82) is 0 Å². The first kappa shape index (κ1) is 15.3. The third-order valence-corrected chi connectivity index (χ3v) is 4.02. The van der Waals surface area contributed by atoms with Gasteiger partial charge < -0.3 is 0 Å². The van der Waals surface area contributed by atoms with E-state index in [4.69, 9.17) is 0 Å². The van der Waals surface area contributed by atoms with Crippen LogP contribution in [0.5, 0.6) is 0 Å². The average molecular weight is 326 g/mol. The second kappa shape index (κ2) is 6.66. The number of rotatable bonds is 4. The van der Waals surface area contributed by atoms with Gasteiger partial charge in [0.05, 0.1) is 11.9 Å². The molecule has 3 rings (SSSR count). The Hall–Kier alpha value is -2.60. The number of aryl methyl sites for hydroxylation is 2. The van der Waals surface area contributed by atoms with Crippen LogP contribution < -0.4 is 5.43 Å². The molecule has 0 bridgehead atoms. The van der Waals surface area contributed by atoms with Crippen LogP contribution in [-0.2, 0) is 0 Å². The number of halogens is 1. The van der Waals surface area contributed by atoms with Crippen molar-refractivity contribution < 1.29 is 4.39 Å². The van der Waals surface area contributed by atoms with Gasteiger partial charge in [-0.05, 0) is 48.7 Å². The van der Waals surface area contributed by atoms with E-state index in [0.29, 0.717) is 0 Å². The van der Waals surface area contributed by atoms with Crippen LogP contribution in [0.3, 0.4) is 0 Å². The zero-order valence-corrected chi connectivity index (χ0v) is 13.6. The van der Waals surface area contributed by atoms with E-state index in [1.54, 1.807) is 12.3 Å². The molecule has 3 aromatic rings. The van der Waals surface area contributed by atoms with Crippen molar-refractivity contribution >= 4 is 22.7 Å². The molecule has 1 aromatic carbocycles. The maximum absolute atomic E-state index is 12.9. The fraction of sp³-hybridized carbons (Fsp3) is 0.118. The molecule has 0 saturated heterocycles. The lowest BCUT2D eigenvalue weighted by molar-refractivity contribution is 0.584. The van der Waals surface area contributed by atoms with Crippen molar-refractivity contribution in [2.24, 2.45) is 5.10 Å². The van der Waals surface area contributed by atoms with E-state index in [1.807, 2.05) is 37.4 Å². The molecule has 0 amide bonds. The Kier molecular flexibility index (Phi) is 4.43. The van der Waals surface area contributed by atoms with Gasteiger partial charge in [-0.15, -0.1) is 11.3 Å². The summed E-state index contributed by atoms with van der Waals surface area (Å²) in [6.45, 7) is 3.95. The van der Waals surface area contributed by atoms with Gasteiger partial charge in [-0.3, -0.25) is 5.43 Å². The zero-order valence-electron chi connectivity index (χ0n) is 12.7. The highest BCUT2D eigenvalue weighted by molar-refractivity contribution is 7.13. The van der Waals surface area contributed by atoms with Crippen LogP contribution in [0.1, 0.15) is 16.8 Å².